The minimum Gasteiger partial charge on any atom is -0.381 e. The molecule has 3 nitrogen and oxygen atoms in total. The molecule has 3 rings (SSSR count). The van der Waals surface area contributed by atoms with Crippen molar-refractivity contribution in [2.75, 3.05) is 13.2 Å². The topological polar surface area (TPSA) is 38.3 Å². The molecule has 2 heterocycles. The number of nitrogens with one attached hydrogen (secondary N) is 1. The minimum atomic E-state index is 0.205. The number of hydrogen-bond donors (Lipinski definition) is 1. The van der Waals surface area contributed by atoms with Crippen molar-refractivity contribution in [2.45, 2.75) is 38.1 Å². The number of ether oxygens (including phenoxy) is 1. The van der Waals surface area contributed by atoms with Gasteiger partial charge in [-0.2, -0.15) is 11.3 Å². The largest absolute Gasteiger partial charge is 0.381 e. The Hall–Kier alpha value is -0.870. The number of carbonyl (C=O) groups is 1. The van der Waals surface area contributed by atoms with Crippen LogP contribution in [0, 0.1) is 11.8 Å². The molecule has 0 aromatic carbocycles. The van der Waals surface area contributed by atoms with Crippen LogP contribution in [0.25, 0.3) is 0 Å². The first-order valence-electron chi connectivity index (χ1n) is 7.16. The van der Waals surface area contributed by atoms with Crippen LogP contribution in [0.4, 0.5) is 0 Å². The van der Waals surface area contributed by atoms with Crippen molar-refractivity contribution in [1.82, 2.24) is 5.32 Å². The van der Waals surface area contributed by atoms with Gasteiger partial charge in [0.1, 0.15) is 0 Å². The molecule has 1 aliphatic carbocycles. The molecule has 2 aliphatic rings. The van der Waals surface area contributed by atoms with Crippen molar-refractivity contribution in [3.05, 3.63) is 22.4 Å². The second kappa shape index (κ2) is 5.63. The Morgan fingerprint density at radius 1 is 1.47 bits per heavy atom. The van der Waals surface area contributed by atoms with Crippen molar-refractivity contribution in [3.63, 3.8) is 0 Å². The standard InChI is InChI=1S/C15H21NO2S/c1-10(11-2-5-18-6-3-11)16-15(17)14-8-13(14)12-4-7-19-9-12/h4,7,9-11,13-14H,2-3,5-6,8H2,1H3,(H,16,17)/t10?,13-,14+/m0/s1. The lowest BCUT2D eigenvalue weighted by Gasteiger charge is -2.28. The van der Waals surface area contributed by atoms with E-state index in [1.165, 1.54) is 5.56 Å². The van der Waals surface area contributed by atoms with E-state index in [1.54, 1.807) is 11.3 Å². The van der Waals surface area contributed by atoms with Gasteiger partial charge in [-0.25, -0.2) is 0 Å². The van der Waals surface area contributed by atoms with Gasteiger partial charge in [-0.3, -0.25) is 4.79 Å². The average Bonchev–Trinajstić information content (AvgIpc) is 3.06. The molecule has 1 aromatic heterocycles. The predicted molar refractivity (Wildman–Crippen MR) is 76.3 cm³/mol. The van der Waals surface area contributed by atoms with Crippen LogP contribution < -0.4 is 5.32 Å². The van der Waals surface area contributed by atoms with Crippen LogP contribution in [0.1, 0.15) is 37.7 Å². The van der Waals surface area contributed by atoms with Gasteiger partial charge in [-0.15, -0.1) is 0 Å². The van der Waals surface area contributed by atoms with E-state index in [1.807, 2.05) is 0 Å². The second-order valence-electron chi connectivity index (χ2n) is 5.75. The van der Waals surface area contributed by atoms with Crippen molar-refractivity contribution in [3.8, 4) is 0 Å². The van der Waals surface area contributed by atoms with Gasteiger partial charge in [0.2, 0.25) is 5.91 Å². The van der Waals surface area contributed by atoms with E-state index in [9.17, 15) is 4.79 Å². The third kappa shape index (κ3) is 3.00. The SMILES string of the molecule is CC(NC(=O)[C@@H]1C[C@H]1c1ccsc1)C1CCOCC1. The fourth-order valence-electron chi connectivity index (χ4n) is 3.00. The molecule has 1 saturated carbocycles. The Balaban J connectivity index is 1.49. The lowest BCUT2D eigenvalue weighted by Crippen LogP contribution is -2.41. The fraction of sp³-hybridized carbons (Fsp3) is 0.667. The Bertz CT molecular complexity index is 425. The van der Waals surface area contributed by atoms with E-state index in [0.29, 0.717) is 11.8 Å². The smallest absolute Gasteiger partial charge is 0.223 e. The molecule has 1 unspecified atom stereocenters. The van der Waals surface area contributed by atoms with E-state index in [2.05, 4.69) is 29.1 Å². The van der Waals surface area contributed by atoms with Crippen LogP contribution in [-0.2, 0) is 9.53 Å². The predicted octanol–water partition coefficient (Wildman–Crippen LogP) is 2.78. The number of thiophene rings is 1. The first-order valence-corrected chi connectivity index (χ1v) is 8.10. The quantitative estimate of drug-likeness (QED) is 0.920. The molecule has 0 radical (unpaired) electrons. The van der Waals surface area contributed by atoms with Gasteiger partial charge >= 0.3 is 0 Å². The first-order chi connectivity index (χ1) is 9.25. The maximum atomic E-state index is 12.2. The van der Waals surface area contributed by atoms with E-state index in [0.717, 1.165) is 32.5 Å². The molecule has 19 heavy (non-hydrogen) atoms. The lowest BCUT2D eigenvalue weighted by molar-refractivity contribution is -0.123. The fourth-order valence-corrected chi connectivity index (χ4v) is 3.73. The Labute approximate surface area is 118 Å². The highest BCUT2D eigenvalue weighted by molar-refractivity contribution is 7.08. The van der Waals surface area contributed by atoms with Crippen LogP contribution >= 0.6 is 11.3 Å². The monoisotopic (exact) mass is 279 g/mol. The molecule has 1 N–H and O–H groups in total. The summed E-state index contributed by atoms with van der Waals surface area (Å²) in [6.45, 7) is 3.81. The van der Waals surface area contributed by atoms with E-state index < -0.39 is 0 Å². The lowest BCUT2D eigenvalue weighted by atomic mass is 9.93. The van der Waals surface area contributed by atoms with Crippen LogP contribution in [0.2, 0.25) is 0 Å². The van der Waals surface area contributed by atoms with Crippen LogP contribution in [0.15, 0.2) is 16.8 Å². The third-order valence-corrected chi connectivity index (χ3v) is 5.14. The average molecular weight is 279 g/mol. The van der Waals surface area contributed by atoms with Crippen molar-refractivity contribution >= 4 is 17.2 Å². The molecule has 104 valence electrons. The molecule has 1 amide bonds. The Morgan fingerprint density at radius 3 is 2.95 bits per heavy atom. The van der Waals surface area contributed by atoms with Gasteiger partial charge in [0.05, 0.1) is 0 Å². The summed E-state index contributed by atoms with van der Waals surface area (Å²) >= 11 is 1.71. The molecule has 0 bridgehead atoms. The molecular formula is C15H21NO2S. The zero-order valence-electron chi connectivity index (χ0n) is 11.3. The number of hydrogen-bond acceptors (Lipinski definition) is 3. The zero-order chi connectivity index (χ0) is 13.2. The van der Waals surface area contributed by atoms with Crippen LogP contribution in [0.3, 0.4) is 0 Å². The summed E-state index contributed by atoms with van der Waals surface area (Å²) in [5, 5.41) is 7.47. The summed E-state index contributed by atoms with van der Waals surface area (Å²) in [6.07, 6.45) is 3.16. The third-order valence-electron chi connectivity index (χ3n) is 4.44. The minimum absolute atomic E-state index is 0.205. The molecular weight excluding hydrogens is 258 g/mol. The Morgan fingerprint density at radius 2 is 2.26 bits per heavy atom. The van der Waals surface area contributed by atoms with Gasteiger partial charge in [-0.05, 0) is 60.4 Å². The second-order valence-corrected chi connectivity index (χ2v) is 6.53. The number of rotatable bonds is 4. The summed E-state index contributed by atoms with van der Waals surface area (Å²) in [7, 11) is 0. The normalized spacial score (nSPS) is 28.9. The van der Waals surface area contributed by atoms with E-state index >= 15 is 0 Å². The molecule has 4 heteroatoms. The van der Waals surface area contributed by atoms with Crippen LogP contribution in [0.5, 0.6) is 0 Å². The van der Waals surface area contributed by atoms with Crippen molar-refractivity contribution in [1.29, 1.82) is 0 Å². The van der Waals surface area contributed by atoms with E-state index in [-0.39, 0.29) is 17.9 Å². The van der Waals surface area contributed by atoms with Crippen molar-refractivity contribution in [2.24, 2.45) is 11.8 Å². The van der Waals surface area contributed by atoms with Crippen LogP contribution in [-0.4, -0.2) is 25.2 Å². The van der Waals surface area contributed by atoms with E-state index in [4.69, 9.17) is 4.74 Å². The molecule has 1 aromatic rings. The highest BCUT2D eigenvalue weighted by atomic mass is 32.1. The molecule has 2 fully saturated rings. The van der Waals surface area contributed by atoms with Gasteiger partial charge in [-0.1, -0.05) is 0 Å². The maximum Gasteiger partial charge on any atom is 0.223 e. The van der Waals surface area contributed by atoms with Gasteiger partial charge in [0.15, 0.2) is 0 Å². The van der Waals surface area contributed by atoms with Crippen molar-refractivity contribution < 1.29 is 9.53 Å². The summed E-state index contributed by atoms with van der Waals surface area (Å²) in [6, 6.07) is 2.42. The first kappa shape index (κ1) is 13.1. The van der Waals surface area contributed by atoms with Gasteiger partial charge in [0.25, 0.3) is 0 Å². The molecule has 1 saturated heterocycles. The molecule has 0 spiro atoms. The summed E-state index contributed by atoms with van der Waals surface area (Å²) in [5.74, 6) is 1.50. The summed E-state index contributed by atoms with van der Waals surface area (Å²) in [5.41, 5.74) is 1.34. The molecule has 3 atom stereocenters. The van der Waals surface area contributed by atoms with Gasteiger partial charge in [0, 0.05) is 25.2 Å². The zero-order valence-corrected chi connectivity index (χ0v) is 12.1. The molecule has 1 aliphatic heterocycles. The summed E-state index contributed by atoms with van der Waals surface area (Å²) < 4.78 is 5.37. The number of amides is 1. The highest BCUT2D eigenvalue weighted by Gasteiger charge is 2.44. The van der Waals surface area contributed by atoms with Gasteiger partial charge < -0.3 is 10.1 Å². The number of carbonyl (C=O) groups excluding carboxylic acids is 1. The maximum absolute atomic E-state index is 12.2. The Kier molecular flexibility index (Phi) is 3.89. The summed E-state index contributed by atoms with van der Waals surface area (Å²) in [4.78, 5) is 12.2. The highest BCUT2D eigenvalue weighted by Crippen LogP contribution is 2.48.